The number of halogens is 1. The maximum Gasteiger partial charge on any atom is 0.404 e. The molecule has 178 valence electrons. The predicted molar refractivity (Wildman–Crippen MR) is 129 cm³/mol. The van der Waals surface area contributed by atoms with Gasteiger partial charge >= 0.3 is 6.09 Å². The molecule has 2 unspecified atom stereocenters. The van der Waals surface area contributed by atoms with Crippen LogP contribution in [0.4, 0.5) is 16.2 Å². The van der Waals surface area contributed by atoms with Gasteiger partial charge in [-0.15, -0.1) is 0 Å². The Morgan fingerprint density at radius 2 is 2.09 bits per heavy atom. The number of anilines is 2. The number of aliphatic hydroxyl groups is 1. The van der Waals surface area contributed by atoms with Crippen molar-refractivity contribution in [2.45, 2.75) is 18.5 Å². The molecule has 11 heteroatoms. The van der Waals surface area contributed by atoms with E-state index in [1.165, 1.54) is 12.3 Å². The molecule has 0 spiro atoms. The molecule has 3 aromatic rings. The zero-order valence-electron chi connectivity index (χ0n) is 18.3. The van der Waals surface area contributed by atoms with Crippen LogP contribution < -0.4 is 15.5 Å². The van der Waals surface area contributed by atoms with Gasteiger partial charge in [-0.25, -0.2) is 9.78 Å². The fourth-order valence-corrected chi connectivity index (χ4v) is 4.31. The maximum atomic E-state index is 12.9. The lowest BCUT2D eigenvalue weighted by Gasteiger charge is -2.28. The second-order valence-corrected chi connectivity index (χ2v) is 8.32. The smallest absolute Gasteiger partial charge is 0.404 e. The summed E-state index contributed by atoms with van der Waals surface area (Å²) in [5.74, 6) is -0.486. The van der Waals surface area contributed by atoms with E-state index in [2.05, 4.69) is 26.7 Å². The Bertz CT molecular complexity index is 1310. The van der Waals surface area contributed by atoms with Gasteiger partial charge in [0.1, 0.15) is 10.8 Å². The molecule has 4 N–H and O–H groups in total. The monoisotopic (exact) mass is 492 g/mol. The molecule has 10 nitrogen and oxygen atoms in total. The summed E-state index contributed by atoms with van der Waals surface area (Å²) in [6, 6.07) is 12.9. The molecule has 2 aromatic heterocycles. The van der Waals surface area contributed by atoms with Gasteiger partial charge in [-0.1, -0.05) is 23.7 Å². The van der Waals surface area contributed by atoms with Crippen LogP contribution >= 0.6 is 11.6 Å². The summed E-state index contributed by atoms with van der Waals surface area (Å²) in [6.45, 7) is 0.0546. The highest BCUT2D eigenvalue weighted by molar-refractivity contribution is 6.29. The van der Waals surface area contributed by atoms with E-state index in [0.717, 1.165) is 0 Å². The number of rotatable bonds is 6. The van der Waals surface area contributed by atoms with E-state index >= 15 is 0 Å². The molecular weight excluding hydrogens is 472 g/mol. The molecule has 2 amide bonds. The van der Waals surface area contributed by atoms with Gasteiger partial charge in [0.15, 0.2) is 0 Å². The van der Waals surface area contributed by atoms with E-state index < -0.39 is 24.1 Å². The molecule has 1 aromatic carbocycles. The summed E-state index contributed by atoms with van der Waals surface area (Å²) in [5.41, 5.74) is 2.81. The molecule has 3 heterocycles. The summed E-state index contributed by atoms with van der Waals surface area (Å²) >= 11 is 5.93. The molecule has 1 fully saturated rings. The van der Waals surface area contributed by atoms with Crippen LogP contribution in [0.1, 0.15) is 22.5 Å². The minimum atomic E-state index is -1.16. The lowest BCUT2D eigenvalue weighted by molar-refractivity contribution is 0.102. The fraction of sp³-hybridized carbons (Fsp3) is 0.208. The van der Waals surface area contributed by atoms with Gasteiger partial charge in [0.2, 0.25) is 0 Å². The number of aliphatic hydroxyl groups excluding tert-OH is 1. The summed E-state index contributed by atoms with van der Waals surface area (Å²) < 4.78 is 0. The minimum absolute atomic E-state index is 0.122. The number of carboxylic acid groups (broad SMARTS) is 1. The molecule has 35 heavy (non-hydrogen) atoms. The number of nitriles is 1. The molecule has 2 atom stereocenters. The normalized spacial score (nSPS) is 17.0. The highest BCUT2D eigenvalue weighted by atomic mass is 35.5. The molecule has 1 aliphatic rings. The lowest BCUT2D eigenvalue weighted by atomic mass is 10.0. The summed E-state index contributed by atoms with van der Waals surface area (Å²) in [5, 5.41) is 34.2. The van der Waals surface area contributed by atoms with Crippen molar-refractivity contribution < 1.29 is 19.8 Å². The Kier molecular flexibility index (Phi) is 7.10. The van der Waals surface area contributed by atoms with Crippen molar-refractivity contribution in [1.29, 1.82) is 5.26 Å². The number of nitrogens with one attached hydrogen (secondary N) is 2. The lowest BCUT2D eigenvalue weighted by Crippen LogP contribution is -2.36. The number of benzene rings is 1. The average Bonchev–Trinajstić information content (AvgIpc) is 3.26. The van der Waals surface area contributed by atoms with Crippen molar-refractivity contribution >= 4 is 35.0 Å². The minimum Gasteiger partial charge on any atom is -0.465 e. The van der Waals surface area contributed by atoms with Gasteiger partial charge in [-0.05, 0) is 42.3 Å². The Labute approximate surface area is 205 Å². The van der Waals surface area contributed by atoms with Crippen molar-refractivity contribution in [2.75, 3.05) is 23.4 Å². The maximum absolute atomic E-state index is 12.9. The van der Waals surface area contributed by atoms with E-state index in [-0.39, 0.29) is 24.0 Å². The van der Waals surface area contributed by atoms with Crippen LogP contribution in [-0.4, -0.2) is 57.4 Å². The van der Waals surface area contributed by atoms with Crippen LogP contribution in [0.3, 0.4) is 0 Å². The highest BCUT2D eigenvalue weighted by Crippen LogP contribution is 2.37. The first-order chi connectivity index (χ1) is 16.9. The molecule has 1 aliphatic heterocycles. The SMILES string of the molecule is N#Cc1ccncc1-c1ccc(NC(=O)c2cccc(Cl)n2)c(N2CC(NC(=O)O)CC2CO)c1. The van der Waals surface area contributed by atoms with Crippen LogP contribution in [-0.2, 0) is 0 Å². The van der Waals surface area contributed by atoms with Gasteiger partial charge in [0.25, 0.3) is 5.91 Å². The predicted octanol–water partition coefficient (Wildman–Crippen LogP) is 3.13. The Morgan fingerprint density at radius 1 is 1.26 bits per heavy atom. The van der Waals surface area contributed by atoms with E-state index in [1.807, 2.05) is 4.90 Å². The molecule has 4 rings (SSSR count). The van der Waals surface area contributed by atoms with E-state index in [4.69, 9.17) is 16.7 Å². The average molecular weight is 493 g/mol. The topological polar surface area (TPSA) is 151 Å². The molecule has 1 saturated heterocycles. The molecule has 0 saturated carbocycles. The Morgan fingerprint density at radius 3 is 2.80 bits per heavy atom. The van der Waals surface area contributed by atoms with Gasteiger partial charge in [-0.2, -0.15) is 5.26 Å². The van der Waals surface area contributed by atoms with Gasteiger partial charge in [0.05, 0.1) is 41.7 Å². The quantitative estimate of drug-likeness (QED) is 0.383. The van der Waals surface area contributed by atoms with Gasteiger partial charge in [-0.3, -0.25) is 9.78 Å². The zero-order valence-corrected chi connectivity index (χ0v) is 19.1. The second kappa shape index (κ2) is 10.4. The molecular formula is C24H21ClN6O4. The third-order valence-corrected chi connectivity index (χ3v) is 5.92. The highest BCUT2D eigenvalue weighted by Gasteiger charge is 2.34. The number of hydrogen-bond acceptors (Lipinski definition) is 7. The van der Waals surface area contributed by atoms with E-state index in [1.54, 1.807) is 42.6 Å². The van der Waals surface area contributed by atoms with Crippen LogP contribution in [0.25, 0.3) is 11.1 Å². The van der Waals surface area contributed by atoms with Crippen LogP contribution in [0.5, 0.6) is 0 Å². The van der Waals surface area contributed by atoms with Crippen molar-refractivity contribution in [3.8, 4) is 17.2 Å². The number of carbonyl (C=O) groups is 2. The number of amides is 2. The number of nitrogens with zero attached hydrogens (tertiary/aromatic N) is 4. The van der Waals surface area contributed by atoms with Crippen molar-refractivity contribution in [2.24, 2.45) is 0 Å². The number of aromatic nitrogens is 2. The summed E-state index contributed by atoms with van der Waals surface area (Å²) in [6.07, 6.45) is 2.33. The van der Waals surface area contributed by atoms with Gasteiger partial charge < -0.3 is 25.7 Å². The molecule has 0 aliphatic carbocycles. The zero-order chi connectivity index (χ0) is 24.9. The third-order valence-electron chi connectivity index (χ3n) is 5.71. The van der Waals surface area contributed by atoms with Crippen LogP contribution in [0.15, 0.2) is 54.9 Å². The summed E-state index contributed by atoms with van der Waals surface area (Å²) in [7, 11) is 0. The first-order valence-corrected chi connectivity index (χ1v) is 11.1. The summed E-state index contributed by atoms with van der Waals surface area (Å²) in [4.78, 5) is 34.1. The number of pyridine rings is 2. The Balaban J connectivity index is 1.76. The third kappa shape index (κ3) is 5.32. The van der Waals surface area contributed by atoms with E-state index in [9.17, 15) is 20.0 Å². The largest absolute Gasteiger partial charge is 0.465 e. The number of hydrogen-bond donors (Lipinski definition) is 4. The second-order valence-electron chi connectivity index (χ2n) is 7.94. The van der Waals surface area contributed by atoms with E-state index in [0.29, 0.717) is 34.5 Å². The van der Waals surface area contributed by atoms with Gasteiger partial charge in [0, 0.05) is 24.5 Å². The molecule has 0 bridgehead atoms. The number of carbonyl (C=O) groups excluding carboxylic acids is 1. The van der Waals surface area contributed by atoms with Crippen molar-refractivity contribution in [3.05, 3.63) is 71.3 Å². The van der Waals surface area contributed by atoms with Crippen LogP contribution in [0.2, 0.25) is 5.15 Å². The van der Waals surface area contributed by atoms with Crippen molar-refractivity contribution in [1.82, 2.24) is 15.3 Å². The first-order valence-electron chi connectivity index (χ1n) is 10.7. The van der Waals surface area contributed by atoms with Crippen molar-refractivity contribution in [3.63, 3.8) is 0 Å². The Hall–Kier alpha value is -4.20. The fourth-order valence-electron chi connectivity index (χ4n) is 4.15. The standard InChI is InChI=1S/C24H21ClN6O4/c25-22-3-1-2-20(29-22)23(33)30-19-5-4-14(18-11-27-7-6-15(18)10-26)8-21(19)31-12-16(28-24(34)35)9-17(31)13-32/h1-8,11,16-17,28,32H,9,12-13H2,(H,30,33)(H,34,35). The molecule has 0 radical (unpaired) electrons. The first kappa shape index (κ1) is 23.9. The van der Waals surface area contributed by atoms with Crippen LogP contribution in [0, 0.1) is 11.3 Å².